The van der Waals surface area contributed by atoms with E-state index >= 15 is 0 Å². The summed E-state index contributed by atoms with van der Waals surface area (Å²) in [5, 5.41) is 3.04. The Morgan fingerprint density at radius 2 is 2.06 bits per heavy atom. The van der Waals surface area contributed by atoms with E-state index in [0.717, 1.165) is 40.7 Å². The van der Waals surface area contributed by atoms with E-state index in [1.807, 2.05) is 26.0 Å². The molecule has 2 rings (SSSR count). The Morgan fingerprint density at radius 3 is 2.61 bits per heavy atom. The summed E-state index contributed by atoms with van der Waals surface area (Å²) in [5.41, 5.74) is 3.08. The number of anilines is 1. The van der Waals surface area contributed by atoms with Crippen molar-refractivity contribution in [2.24, 2.45) is 5.92 Å². The molecule has 1 heterocycles. The number of carbonyl (C=O) groups is 1. The Morgan fingerprint density at radius 1 is 1.39 bits per heavy atom. The monoisotopic (exact) mass is 311 g/mol. The lowest BCUT2D eigenvalue weighted by Crippen LogP contribution is -2.30. The molecule has 0 saturated carbocycles. The Hall–Kier alpha value is -0.870. The number of rotatable bonds is 2. The number of halogens is 1. The van der Waals surface area contributed by atoms with Crippen LogP contribution in [0.3, 0.4) is 0 Å². The largest absolute Gasteiger partial charge is 0.381 e. The molecule has 3 nitrogen and oxygen atoms in total. The summed E-state index contributed by atoms with van der Waals surface area (Å²) in [4.78, 5) is 12.2. The van der Waals surface area contributed by atoms with Gasteiger partial charge in [0.2, 0.25) is 5.91 Å². The molecule has 1 aliphatic rings. The summed E-state index contributed by atoms with van der Waals surface area (Å²) >= 11 is 3.46. The van der Waals surface area contributed by atoms with E-state index in [4.69, 9.17) is 4.74 Å². The van der Waals surface area contributed by atoms with Crippen LogP contribution in [0, 0.1) is 19.8 Å². The molecule has 0 aliphatic carbocycles. The zero-order valence-corrected chi connectivity index (χ0v) is 12.3. The highest BCUT2D eigenvalue weighted by Gasteiger charge is 2.22. The second kappa shape index (κ2) is 5.85. The van der Waals surface area contributed by atoms with Gasteiger partial charge in [-0.3, -0.25) is 4.79 Å². The molecule has 1 N–H and O–H groups in total. The van der Waals surface area contributed by atoms with Crippen molar-refractivity contribution in [1.29, 1.82) is 0 Å². The molecule has 1 atom stereocenters. The van der Waals surface area contributed by atoms with Crippen LogP contribution >= 0.6 is 15.9 Å². The lowest BCUT2D eigenvalue weighted by Gasteiger charge is -2.22. The second-order valence-corrected chi connectivity index (χ2v) is 5.73. The van der Waals surface area contributed by atoms with Crippen LogP contribution < -0.4 is 5.32 Å². The first-order chi connectivity index (χ1) is 8.58. The normalized spacial score (nSPS) is 19.6. The van der Waals surface area contributed by atoms with Crippen LogP contribution in [-0.4, -0.2) is 19.1 Å². The van der Waals surface area contributed by atoms with Crippen LogP contribution in [0.4, 0.5) is 5.69 Å². The van der Waals surface area contributed by atoms with E-state index in [0.29, 0.717) is 6.61 Å². The molecular weight excluding hydrogens is 294 g/mol. The predicted molar refractivity (Wildman–Crippen MR) is 75.8 cm³/mol. The highest BCUT2D eigenvalue weighted by molar-refractivity contribution is 9.10. The van der Waals surface area contributed by atoms with E-state index in [1.165, 1.54) is 0 Å². The Bertz CT molecular complexity index is 430. The highest BCUT2D eigenvalue weighted by atomic mass is 79.9. The van der Waals surface area contributed by atoms with E-state index in [9.17, 15) is 4.79 Å². The van der Waals surface area contributed by atoms with E-state index < -0.39 is 0 Å². The minimum atomic E-state index is -0.0128. The van der Waals surface area contributed by atoms with Gasteiger partial charge >= 0.3 is 0 Å². The molecule has 1 unspecified atom stereocenters. The fourth-order valence-corrected chi connectivity index (χ4v) is 2.97. The molecule has 0 bridgehead atoms. The number of nitrogens with one attached hydrogen (secondary N) is 1. The van der Waals surface area contributed by atoms with Crippen molar-refractivity contribution in [1.82, 2.24) is 0 Å². The molecular formula is C14H18BrNO2. The van der Waals surface area contributed by atoms with Crippen molar-refractivity contribution in [2.75, 3.05) is 18.5 Å². The van der Waals surface area contributed by atoms with Gasteiger partial charge in [0.15, 0.2) is 0 Å². The standard InChI is InChI=1S/C14H18BrNO2/c1-9-6-12(15)7-10(2)13(9)16-14(17)11-4-3-5-18-8-11/h6-7,11H,3-5,8H2,1-2H3,(H,16,17). The number of hydrogen-bond acceptors (Lipinski definition) is 2. The van der Waals surface area contributed by atoms with Crippen molar-refractivity contribution >= 4 is 27.5 Å². The van der Waals surface area contributed by atoms with Gasteiger partial charge in [-0.25, -0.2) is 0 Å². The molecule has 1 aliphatic heterocycles. The first kappa shape index (κ1) is 13.6. The number of benzene rings is 1. The summed E-state index contributed by atoms with van der Waals surface area (Å²) in [5.74, 6) is 0.0596. The summed E-state index contributed by atoms with van der Waals surface area (Å²) in [7, 11) is 0. The number of hydrogen-bond donors (Lipinski definition) is 1. The molecule has 0 aromatic heterocycles. The predicted octanol–water partition coefficient (Wildman–Crippen LogP) is 3.43. The van der Waals surface area contributed by atoms with Gasteiger partial charge in [0.1, 0.15) is 0 Å². The van der Waals surface area contributed by atoms with Crippen molar-refractivity contribution in [3.8, 4) is 0 Å². The molecule has 0 spiro atoms. The quantitative estimate of drug-likeness (QED) is 0.908. The number of aryl methyl sites for hydroxylation is 2. The van der Waals surface area contributed by atoms with Gasteiger partial charge in [0, 0.05) is 16.8 Å². The summed E-state index contributed by atoms with van der Waals surface area (Å²) in [6.07, 6.45) is 1.89. The van der Waals surface area contributed by atoms with Crippen LogP contribution in [0.25, 0.3) is 0 Å². The molecule has 1 saturated heterocycles. The summed E-state index contributed by atoms with van der Waals surface area (Å²) in [6, 6.07) is 4.03. The third kappa shape index (κ3) is 3.12. The van der Waals surface area contributed by atoms with Crippen molar-refractivity contribution < 1.29 is 9.53 Å². The van der Waals surface area contributed by atoms with Gasteiger partial charge in [0.25, 0.3) is 0 Å². The second-order valence-electron chi connectivity index (χ2n) is 4.82. The van der Waals surface area contributed by atoms with Gasteiger partial charge in [0.05, 0.1) is 12.5 Å². The maximum absolute atomic E-state index is 12.2. The van der Waals surface area contributed by atoms with Crippen LogP contribution in [0.15, 0.2) is 16.6 Å². The number of amides is 1. The summed E-state index contributed by atoms with van der Waals surface area (Å²) in [6.45, 7) is 5.33. The van der Waals surface area contributed by atoms with Crippen LogP contribution in [-0.2, 0) is 9.53 Å². The van der Waals surface area contributed by atoms with Crippen LogP contribution in [0.1, 0.15) is 24.0 Å². The smallest absolute Gasteiger partial charge is 0.229 e. The summed E-state index contributed by atoms with van der Waals surface area (Å²) < 4.78 is 6.39. The van der Waals surface area contributed by atoms with Gasteiger partial charge in [-0.15, -0.1) is 0 Å². The van der Waals surface area contributed by atoms with Gasteiger partial charge in [-0.2, -0.15) is 0 Å². The van der Waals surface area contributed by atoms with E-state index in [-0.39, 0.29) is 11.8 Å². The topological polar surface area (TPSA) is 38.3 Å². The molecule has 18 heavy (non-hydrogen) atoms. The van der Waals surface area contributed by atoms with Crippen LogP contribution in [0.5, 0.6) is 0 Å². The molecule has 1 amide bonds. The number of ether oxygens (including phenoxy) is 1. The number of carbonyl (C=O) groups excluding carboxylic acids is 1. The Labute approximate surface area is 116 Å². The SMILES string of the molecule is Cc1cc(Br)cc(C)c1NC(=O)C1CCCOC1. The first-order valence-corrected chi connectivity index (χ1v) is 7.02. The highest BCUT2D eigenvalue weighted by Crippen LogP contribution is 2.26. The van der Waals surface area contributed by atoms with E-state index in [2.05, 4.69) is 21.2 Å². The fourth-order valence-electron chi connectivity index (χ4n) is 2.28. The maximum Gasteiger partial charge on any atom is 0.229 e. The lowest BCUT2D eigenvalue weighted by atomic mass is 10.0. The van der Waals surface area contributed by atoms with Gasteiger partial charge in [-0.1, -0.05) is 15.9 Å². The first-order valence-electron chi connectivity index (χ1n) is 6.23. The Kier molecular flexibility index (Phi) is 4.40. The maximum atomic E-state index is 12.2. The van der Waals surface area contributed by atoms with Gasteiger partial charge in [-0.05, 0) is 49.9 Å². The molecule has 1 aromatic carbocycles. The minimum absolute atomic E-state index is 0.0128. The van der Waals surface area contributed by atoms with Crippen LogP contribution in [0.2, 0.25) is 0 Å². The molecule has 1 fully saturated rings. The molecule has 4 heteroatoms. The molecule has 1 aromatic rings. The van der Waals surface area contributed by atoms with Crippen molar-refractivity contribution in [3.05, 3.63) is 27.7 Å². The van der Waals surface area contributed by atoms with Crippen molar-refractivity contribution in [2.45, 2.75) is 26.7 Å². The lowest BCUT2D eigenvalue weighted by molar-refractivity contribution is -0.123. The third-order valence-corrected chi connectivity index (χ3v) is 3.73. The van der Waals surface area contributed by atoms with Gasteiger partial charge < -0.3 is 10.1 Å². The average Bonchev–Trinajstić information content (AvgIpc) is 2.34. The molecule has 98 valence electrons. The zero-order chi connectivity index (χ0) is 13.1. The van der Waals surface area contributed by atoms with Crippen molar-refractivity contribution in [3.63, 3.8) is 0 Å². The molecule has 0 radical (unpaired) electrons. The minimum Gasteiger partial charge on any atom is -0.381 e. The third-order valence-electron chi connectivity index (χ3n) is 3.28. The Balaban J connectivity index is 2.11. The fraction of sp³-hybridized carbons (Fsp3) is 0.500. The average molecular weight is 312 g/mol. The zero-order valence-electron chi connectivity index (χ0n) is 10.8. The van der Waals surface area contributed by atoms with E-state index in [1.54, 1.807) is 0 Å².